The molecule has 9 heteroatoms. The van der Waals surface area contributed by atoms with E-state index < -0.39 is 29.4 Å². The second-order valence-corrected chi connectivity index (χ2v) is 11.6. The molecule has 5 rings (SSSR count). The number of aliphatic carboxylic acids is 1. The van der Waals surface area contributed by atoms with Gasteiger partial charge in [-0.15, -0.1) is 0 Å². The molecule has 45 heavy (non-hydrogen) atoms. The average molecular weight is 625 g/mol. The Bertz CT molecular complexity index is 1840. The summed E-state index contributed by atoms with van der Waals surface area (Å²) in [5, 5.41) is 12.8. The van der Waals surface area contributed by atoms with Crippen molar-refractivity contribution in [1.82, 2.24) is 4.57 Å². The molecule has 0 bridgehead atoms. The van der Waals surface area contributed by atoms with Crippen LogP contribution in [0.3, 0.4) is 0 Å². The maximum atomic E-state index is 13.7. The van der Waals surface area contributed by atoms with Crippen molar-refractivity contribution < 1.29 is 23.5 Å². The Kier molecular flexibility index (Phi) is 9.59. The van der Waals surface area contributed by atoms with Crippen molar-refractivity contribution >= 4 is 29.3 Å². The summed E-state index contributed by atoms with van der Waals surface area (Å²) in [6.45, 7) is 0.763. The number of hydrogen-bond acceptors (Lipinski definition) is 4. The van der Waals surface area contributed by atoms with E-state index >= 15 is 0 Å². The number of thioether (sulfide) groups is 1. The number of hydrogen-bond donors (Lipinski definition) is 2. The van der Waals surface area contributed by atoms with Crippen LogP contribution in [0.2, 0.25) is 0 Å². The van der Waals surface area contributed by atoms with Crippen LogP contribution in [-0.4, -0.2) is 27.3 Å². The highest BCUT2D eigenvalue weighted by Crippen LogP contribution is 2.29. The van der Waals surface area contributed by atoms with Gasteiger partial charge in [-0.05, 0) is 40.5 Å². The SMILES string of the molecule is CC(F)(F)c1ccc(C(=O)Nc2cc(-c3ccc(-c4ccccc4)cc3)cn([C@H](CSCc3ccccc3)C(=O)O)c2=O)cc1. The molecular formula is C36H30F2N2O4S. The smallest absolute Gasteiger partial charge is 0.327 e. The molecule has 6 nitrogen and oxygen atoms in total. The van der Waals surface area contributed by atoms with Gasteiger partial charge < -0.3 is 10.4 Å². The molecule has 4 aromatic carbocycles. The predicted molar refractivity (Wildman–Crippen MR) is 175 cm³/mol. The van der Waals surface area contributed by atoms with Gasteiger partial charge in [0.15, 0.2) is 0 Å². The number of carbonyl (C=O) groups excluding carboxylic acids is 1. The first-order valence-corrected chi connectivity index (χ1v) is 15.3. The third-order valence-corrected chi connectivity index (χ3v) is 8.37. The third-order valence-electron chi connectivity index (χ3n) is 7.28. The molecule has 1 aromatic heterocycles. The molecule has 5 aromatic rings. The maximum absolute atomic E-state index is 13.7. The van der Waals surface area contributed by atoms with E-state index in [0.717, 1.165) is 40.3 Å². The van der Waals surface area contributed by atoms with Gasteiger partial charge >= 0.3 is 5.97 Å². The summed E-state index contributed by atoms with van der Waals surface area (Å²) < 4.78 is 28.5. The molecule has 0 fully saturated rings. The fourth-order valence-corrected chi connectivity index (χ4v) is 5.88. The van der Waals surface area contributed by atoms with E-state index in [1.807, 2.05) is 84.9 Å². The van der Waals surface area contributed by atoms with Crippen molar-refractivity contribution in [3.05, 3.63) is 149 Å². The number of nitrogens with zero attached hydrogens (tertiary/aromatic N) is 1. The molecule has 0 spiro atoms. The highest BCUT2D eigenvalue weighted by atomic mass is 32.2. The Morgan fingerprint density at radius 1 is 0.822 bits per heavy atom. The summed E-state index contributed by atoms with van der Waals surface area (Å²) in [5.41, 5.74) is 3.23. The molecule has 1 amide bonds. The summed E-state index contributed by atoms with van der Waals surface area (Å²) in [6, 6.07) is 32.0. The molecule has 0 aliphatic carbocycles. The van der Waals surface area contributed by atoms with Gasteiger partial charge in [0.2, 0.25) is 0 Å². The number of amides is 1. The molecular weight excluding hydrogens is 594 g/mol. The molecule has 1 atom stereocenters. The van der Waals surface area contributed by atoms with Crippen molar-refractivity contribution in [3.8, 4) is 22.3 Å². The zero-order chi connectivity index (χ0) is 32.0. The van der Waals surface area contributed by atoms with Gasteiger partial charge in [0.05, 0.1) is 0 Å². The van der Waals surface area contributed by atoms with Crippen LogP contribution in [-0.2, 0) is 16.5 Å². The first-order chi connectivity index (χ1) is 21.6. The van der Waals surface area contributed by atoms with Gasteiger partial charge in [-0.3, -0.25) is 14.2 Å². The highest BCUT2D eigenvalue weighted by molar-refractivity contribution is 7.98. The summed E-state index contributed by atoms with van der Waals surface area (Å²) in [4.78, 5) is 39.3. The molecule has 0 saturated heterocycles. The lowest BCUT2D eigenvalue weighted by Crippen LogP contribution is -2.33. The van der Waals surface area contributed by atoms with Crippen LogP contribution in [0.5, 0.6) is 0 Å². The number of aromatic nitrogens is 1. The van der Waals surface area contributed by atoms with Crippen LogP contribution in [0.15, 0.2) is 126 Å². The molecule has 0 aliphatic rings. The molecule has 0 unspecified atom stereocenters. The van der Waals surface area contributed by atoms with Gasteiger partial charge in [-0.1, -0.05) is 97.1 Å². The van der Waals surface area contributed by atoms with Crippen molar-refractivity contribution in [2.45, 2.75) is 24.6 Å². The average Bonchev–Trinajstić information content (AvgIpc) is 3.05. The van der Waals surface area contributed by atoms with E-state index in [4.69, 9.17) is 0 Å². The number of benzene rings is 4. The van der Waals surface area contributed by atoms with Crippen LogP contribution in [0.1, 0.15) is 34.5 Å². The van der Waals surface area contributed by atoms with Gasteiger partial charge in [0.1, 0.15) is 11.7 Å². The van der Waals surface area contributed by atoms with E-state index in [2.05, 4.69) is 5.32 Å². The Labute approximate surface area is 263 Å². The van der Waals surface area contributed by atoms with E-state index in [9.17, 15) is 28.3 Å². The molecule has 1 heterocycles. The first-order valence-electron chi connectivity index (χ1n) is 14.2. The largest absolute Gasteiger partial charge is 0.480 e. The van der Waals surface area contributed by atoms with Crippen molar-refractivity contribution in [2.24, 2.45) is 0 Å². The monoisotopic (exact) mass is 624 g/mol. The van der Waals surface area contributed by atoms with Crippen LogP contribution >= 0.6 is 11.8 Å². The lowest BCUT2D eigenvalue weighted by Gasteiger charge is -2.19. The second kappa shape index (κ2) is 13.7. The maximum Gasteiger partial charge on any atom is 0.327 e. The molecule has 0 saturated carbocycles. The second-order valence-electron chi connectivity index (χ2n) is 10.6. The topological polar surface area (TPSA) is 88.4 Å². The molecule has 2 N–H and O–H groups in total. The van der Waals surface area contributed by atoms with Crippen LogP contribution in [0.4, 0.5) is 14.5 Å². The van der Waals surface area contributed by atoms with Crippen LogP contribution in [0.25, 0.3) is 22.3 Å². The van der Waals surface area contributed by atoms with E-state index in [1.54, 1.807) is 0 Å². The third kappa shape index (κ3) is 7.74. The number of carboxylic acid groups (broad SMARTS) is 1. The minimum atomic E-state index is -3.07. The van der Waals surface area contributed by atoms with Gasteiger partial charge in [-0.2, -0.15) is 11.8 Å². The number of rotatable bonds is 11. The number of nitrogens with one attached hydrogen (secondary N) is 1. The Morgan fingerprint density at radius 2 is 1.38 bits per heavy atom. The minimum Gasteiger partial charge on any atom is -0.480 e. The Hall–Kier alpha value is -5.02. The number of alkyl halides is 2. The van der Waals surface area contributed by atoms with Crippen molar-refractivity contribution in [1.29, 1.82) is 0 Å². The zero-order valence-electron chi connectivity index (χ0n) is 24.3. The lowest BCUT2D eigenvalue weighted by molar-refractivity contribution is -0.140. The van der Waals surface area contributed by atoms with E-state index in [1.165, 1.54) is 36.2 Å². The summed E-state index contributed by atoms with van der Waals surface area (Å²) in [6.07, 6.45) is 1.50. The van der Waals surface area contributed by atoms with E-state index in [0.29, 0.717) is 16.9 Å². The first kappa shape index (κ1) is 31.4. The number of pyridine rings is 1. The van der Waals surface area contributed by atoms with E-state index in [-0.39, 0.29) is 22.6 Å². The summed E-state index contributed by atoms with van der Waals surface area (Å²) in [7, 11) is 0. The fourth-order valence-electron chi connectivity index (χ4n) is 4.81. The van der Waals surface area contributed by atoms with Crippen molar-refractivity contribution in [3.63, 3.8) is 0 Å². The van der Waals surface area contributed by atoms with Gasteiger partial charge in [0, 0.05) is 41.3 Å². The number of anilines is 1. The standard InChI is InChI=1S/C36H30F2N2O4S/c1-36(37,38)30-18-16-28(17-19-30)33(41)39-31-20-29(27-14-12-26(13-15-27)25-10-6-3-7-11-25)21-40(34(31)42)32(35(43)44)23-45-22-24-8-4-2-5-9-24/h2-21,32H,22-23H2,1H3,(H,39,41)(H,43,44)/t32-/m1/s1. The van der Waals surface area contributed by atoms with Crippen LogP contribution in [0, 0.1) is 0 Å². The van der Waals surface area contributed by atoms with Crippen molar-refractivity contribution in [2.75, 3.05) is 11.1 Å². The molecule has 0 aliphatic heterocycles. The Morgan fingerprint density at radius 3 is 1.96 bits per heavy atom. The van der Waals surface area contributed by atoms with Gasteiger partial charge in [-0.25, -0.2) is 13.6 Å². The fraction of sp³-hybridized carbons (Fsp3) is 0.139. The lowest BCUT2D eigenvalue weighted by atomic mass is 10.0. The predicted octanol–water partition coefficient (Wildman–Crippen LogP) is 8.11. The number of carboxylic acids is 1. The minimum absolute atomic E-state index is 0.0692. The normalized spacial score (nSPS) is 12.0. The van der Waals surface area contributed by atoms with Gasteiger partial charge in [0.25, 0.3) is 17.4 Å². The molecule has 228 valence electrons. The number of halogens is 2. The zero-order valence-corrected chi connectivity index (χ0v) is 25.1. The highest BCUT2D eigenvalue weighted by Gasteiger charge is 2.26. The quantitative estimate of drug-likeness (QED) is 0.155. The summed E-state index contributed by atoms with van der Waals surface area (Å²) in [5.74, 6) is -4.30. The van der Waals surface area contributed by atoms with Crippen LogP contribution < -0.4 is 10.9 Å². The summed E-state index contributed by atoms with van der Waals surface area (Å²) >= 11 is 1.38. The number of carbonyl (C=O) groups is 2. The molecule has 0 radical (unpaired) electrons. The Balaban J connectivity index is 1.50.